The second kappa shape index (κ2) is 10.5. The maximum atomic E-state index is 12.5. The Bertz CT molecular complexity index is 669. The van der Waals surface area contributed by atoms with E-state index in [0.29, 0.717) is 22.0 Å². The van der Waals surface area contributed by atoms with E-state index in [1.165, 1.54) is 6.92 Å². The molecule has 25 heavy (non-hydrogen) atoms. The number of amides is 2. The van der Waals surface area contributed by atoms with Gasteiger partial charge in [-0.2, -0.15) is 0 Å². The number of nitrogens with one attached hydrogen (secondary N) is 2. The van der Waals surface area contributed by atoms with Gasteiger partial charge in [-0.1, -0.05) is 0 Å². The van der Waals surface area contributed by atoms with Gasteiger partial charge in [0.15, 0.2) is 0 Å². The zero-order valence-electron chi connectivity index (χ0n) is 13.0. The molecular formula is C14H17I3N2O6. The zero-order valence-corrected chi connectivity index (χ0v) is 19.5. The Morgan fingerprint density at radius 1 is 1.08 bits per heavy atom. The van der Waals surface area contributed by atoms with Gasteiger partial charge in [-0.25, -0.2) is 0 Å². The lowest BCUT2D eigenvalue weighted by molar-refractivity contribution is -0.123. The van der Waals surface area contributed by atoms with Crippen LogP contribution in [0, 0.1) is 10.7 Å². The molecule has 6 N–H and O–H groups in total. The number of carbonyl (C=O) groups excluding carboxylic acids is 2. The van der Waals surface area contributed by atoms with E-state index in [2.05, 4.69) is 10.6 Å². The van der Waals surface area contributed by atoms with E-state index in [1.807, 2.05) is 67.8 Å². The number of carbonyl (C=O) groups is 2. The summed E-state index contributed by atoms with van der Waals surface area (Å²) in [4.78, 5) is 24.3. The molecule has 11 heteroatoms. The van der Waals surface area contributed by atoms with Crippen LogP contribution in [-0.2, 0) is 11.4 Å². The molecule has 0 saturated carbocycles. The summed E-state index contributed by atoms with van der Waals surface area (Å²) in [5.41, 5.74) is 1.02. The molecule has 140 valence electrons. The fraction of sp³-hybridized carbons (Fsp3) is 0.429. The Morgan fingerprint density at radius 3 is 2.16 bits per heavy atom. The monoisotopic (exact) mass is 690 g/mol. The molecular weight excluding hydrogens is 673 g/mol. The van der Waals surface area contributed by atoms with E-state index in [1.54, 1.807) is 0 Å². The molecule has 1 aromatic rings. The van der Waals surface area contributed by atoms with Crippen LogP contribution < -0.4 is 10.6 Å². The van der Waals surface area contributed by atoms with Gasteiger partial charge in [-0.3, -0.25) is 9.59 Å². The average Bonchev–Trinajstić information content (AvgIpc) is 2.56. The topological polar surface area (TPSA) is 139 Å². The van der Waals surface area contributed by atoms with Crippen molar-refractivity contribution in [1.82, 2.24) is 5.32 Å². The Balaban J connectivity index is 3.37. The van der Waals surface area contributed by atoms with Crippen LogP contribution >= 0.6 is 67.8 Å². The van der Waals surface area contributed by atoms with Gasteiger partial charge in [0.25, 0.3) is 11.8 Å². The van der Waals surface area contributed by atoms with Gasteiger partial charge in [0, 0.05) is 19.2 Å². The van der Waals surface area contributed by atoms with E-state index in [9.17, 15) is 24.9 Å². The molecule has 0 heterocycles. The first kappa shape index (κ1) is 23.2. The predicted molar refractivity (Wildman–Crippen MR) is 116 cm³/mol. The second-order valence-electron chi connectivity index (χ2n) is 5.04. The van der Waals surface area contributed by atoms with Crippen LogP contribution in [0.3, 0.4) is 0 Å². The minimum absolute atomic E-state index is 0.142. The van der Waals surface area contributed by atoms with E-state index >= 15 is 0 Å². The van der Waals surface area contributed by atoms with Crippen LogP contribution in [0.2, 0.25) is 0 Å². The van der Waals surface area contributed by atoms with Gasteiger partial charge < -0.3 is 31.1 Å². The van der Waals surface area contributed by atoms with Crippen molar-refractivity contribution in [3.8, 4) is 0 Å². The number of aliphatic hydroxyl groups is 4. The van der Waals surface area contributed by atoms with Crippen LogP contribution in [0.1, 0.15) is 22.8 Å². The quantitative estimate of drug-likeness (QED) is 0.229. The number of hydrogen-bond donors (Lipinski definition) is 6. The van der Waals surface area contributed by atoms with Gasteiger partial charge in [-0.15, -0.1) is 0 Å². The number of halogens is 3. The number of hydrogen-bond acceptors (Lipinski definition) is 6. The Morgan fingerprint density at radius 2 is 1.68 bits per heavy atom. The van der Waals surface area contributed by atoms with Crippen molar-refractivity contribution in [3.63, 3.8) is 0 Å². The van der Waals surface area contributed by atoms with Crippen molar-refractivity contribution >= 4 is 85.3 Å². The lowest BCUT2D eigenvalue weighted by atomic mass is 10.1. The summed E-state index contributed by atoms with van der Waals surface area (Å²) in [6.45, 7) is 0.346. The highest BCUT2D eigenvalue weighted by atomic mass is 127. The summed E-state index contributed by atoms with van der Waals surface area (Å²) >= 11 is 5.79. The molecule has 0 bridgehead atoms. The first-order valence-corrected chi connectivity index (χ1v) is 10.2. The summed E-state index contributed by atoms with van der Waals surface area (Å²) in [6.07, 6.45) is -2.32. The molecule has 0 aliphatic carbocycles. The first-order chi connectivity index (χ1) is 11.6. The predicted octanol–water partition coefficient (Wildman–Crippen LogP) is 0.395. The standard InChI is InChI=1S/C14H17I3N2O6/c1-5(22)13(24)19-12-10(16)7(4-21)9(15)8(11(12)17)14(25)18-2-6(23)3-20/h5-6,20-23H,2-4H2,1H3,(H,18,25)(H,19,24). The summed E-state index contributed by atoms with van der Waals surface area (Å²) < 4.78 is 1.52. The van der Waals surface area contributed by atoms with Crippen molar-refractivity contribution in [2.45, 2.75) is 25.7 Å². The summed E-state index contributed by atoms with van der Waals surface area (Å²) in [5.74, 6) is -1.15. The third kappa shape index (κ3) is 5.83. The highest BCUT2D eigenvalue weighted by molar-refractivity contribution is 14.1. The zero-order chi connectivity index (χ0) is 19.3. The molecule has 2 amide bonds. The third-order valence-electron chi connectivity index (χ3n) is 3.13. The molecule has 2 atom stereocenters. The molecule has 0 aliphatic rings. The lowest BCUT2D eigenvalue weighted by Gasteiger charge is -2.19. The maximum Gasteiger partial charge on any atom is 0.253 e. The molecule has 0 aromatic heterocycles. The fourth-order valence-electron chi connectivity index (χ4n) is 1.75. The largest absolute Gasteiger partial charge is 0.394 e. The van der Waals surface area contributed by atoms with Crippen LogP contribution in [0.25, 0.3) is 0 Å². The average molecular weight is 690 g/mol. The minimum atomic E-state index is -1.24. The first-order valence-electron chi connectivity index (χ1n) is 7.01. The van der Waals surface area contributed by atoms with Crippen molar-refractivity contribution in [2.24, 2.45) is 0 Å². The molecule has 1 aromatic carbocycles. The number of anilines is 1. The van der Waals surface area contributed by atoms with Crippen LogP contribution in [-0.4, -0.2) is 57.6 Å². The fourth-order valence-corrected chi connectivity index (χ4v) is 6.02. The Labute approximate surface area is 185 Å². The number of aliphatic hydroxyl groups excluding tert-OH is 4. The van der Waals surface area contributed by atoms with Crippen LogP contribution in [0.5, 0.6) is 0 Å². The third-order valence-corrected chi connectivity index (χ3v) is 6.59. The van der Waals surface area contributed by atoms with Crippen molar-refractivity contribution < 1.29 is 30.0 Å². The van der Waals surface area contributed by atoms with E-state index < -0.39 is 30.6 Å². The number of rotatable bonds is 7. The minimum Gasteiger partial charge on any atom is -0.394 e. The van der Waals surface area contributed by atoms with Crippen molar-refractivity contribution in [3.05, 3.63) is 21.8 Å². The van der Waals surface area contributed by atoms with Gasteiger partial charge in [0.2, 0.25) is 0 Å². The maximum absolute atomic E-state index is 12.5. The molecule has 0 fully saturated rings. The molecule has 0 saturated heterocycles. The van der Waals surface area contributed by atoms with Gasteiger partial charge in [0.1, 0.15) is 6.10 Å². The summed E-state index contributed by atoms with van der Waals surface area (Å²) in [6, 6.07) is 0. The highest BCUT2D eigenvalue weighted by Gasteiger charge is 2.26. The number of benzene rings is 1. The molecule has 0 aliphatic heterocycles. The van der Waals surface area contributed by atoms with Crippen molar-refractivity contribution in [2.75, 3.05) is 18.5 Å². The van der Waals surface area contributed by atoms with Crippen LogP contribution in [0.15, 0.2) is 0 Å². The molecule has 1 rings (SSSR count). The highest BCUT2D eigenvalue weighted by Crippen LogP contribution is 2.35. The Kier molecular flexibility index (Phi) is 9.76. The molecule has 0 radical (unpaired) electrons. The molecule has 8 nitrogen and oxygen atoms in total. The molecule has 0 spiro atoms. The second-order valence-corrected chi connectivity index (χ2v) is 8.28. The summed E-state index contributed by atoms with van der Waals surface area (Å²) in [7, 11) is 0. The normalized spacial score (nSPS) is 13.3. The van der Waals surface area contributed by atoms with E-state index in [4.69, 9.17) is 5.11 Å². The summed E-state index contributed by atoms with van der Waals surface area (Å²) in [5, 5.41) is 42.3. The van der Waals surface area contributed by atoms with Crippen molar-refractivity contribution in [1.29, 1.82) is 0 Å². The van der Waals surface area contributed by atoms with E-state index in [0.717, 1.165) is 0 Å². The Hall–Kier alpha value is 0.190. The van der Waals surface area contributed by atoms with E-state index in [-0.39, 0.29) is 18.7 Å². The van der Waals surface area contributed by atoms with Gasteiger partial charge in [-0.05, 0) is 74.7 Å². The van der Waals surface area contributed by atoms with Gasteiger partial charge in [0.05, 0.1) is 34.1 Å². The molecule has 2 unspecified atom stereocenters. The smallest absolute Gasteiger partial charge is 0.253 e. The van der Waals surface area contributed by atoms with Gasteiger partial charge >= 0.3 is 0 Å². The SMILES string of the molecule is CC(O)C(=O)Nc1c(I)c(CO)c(I)c(C(=O)NCC(O)CO)c1I. The van der Waals surface area contributed by atoms with Crippen LogP contribution in [0.4, 0.5) is 5.69 Å². The lowest BCUT2D eigenvalue weighted by Crippen LogP contribution is -2.35.